The third kappa shape index (κ3) is 7.54. The Bertz CT molecular complexity index is 1160. The number of halogens is 3. The number of H-pyrrole nitrogens is 1. The number of alkyl halides is 3. The minimum Gasteiger partial charge on any atom is -0.369 e. The molecule has 196 valence electrons. The maximum atomic E-state index is 13.2. The normalized spacial score (nSPS) is 17.6. The first-order chi connectivity index (χ1) is 16.9. The van der Waals surface area contributed by atoms with Gasteiger partial charge in [0.25, 0.3) is 5.56 Å². The van der Waals surface area contributed by atoms with Crippen LogP contribution in [0.25, 0.3) is 10.9 Å². The van der Waals surface area contributed by atoms with E-state index >= 15 is 0 Å². The highest BCUT2D eigenvalue weighted by molar-refractivity contribution is 5.93. The number of benzene rings is 1. The van der Waals surface area contributed by atoms with Gasteiger partial charge in [-0.3, -0.25) is 23.9 Å². The number of para-hydroxylation sites is 1. The lowest BCUT2D eigenvalue weighted by atomic mass is 9.95. The number of ketones is 1. The van der Waals surface area contributed by atoms with Crippen molar-refractivity contribution in [2.75, 3.05) is 18.5 Å². The fourth-order valence-corrected chi connectivity index (χ4v) is 4.10. The predicted octanol–water partition coefficient (Wildman–Crippen LogP) is 2.47. The largest absolute Gasteiger partial charge is 0.522 e. The summed E-state index contributed by atoms with van der Waals surface area (Å²) in [6.07, 6.45) is -4.53. The predicted molar refractivity (Wildman–Crippen MR) is 126 cm³/mol. The lowest BCUT2D eigenvalue weighted by Crippen LogP contribution is -2.50. The van der Waals surface area contributed by atoms with Crippen molar-refractivity contribution in [2.24, 2.45) is 11.8 Å². The molecule has 1 aromatic heterocycles. The molecule has 2 heterocycles. The molecule has 1 aromatic carbocycles. The standard InChI is InChI=1S/C24H29F3N4O5/c1-13(2)9-18(29-19-10-14-5-3-4-6-16(14)30-23(19)35)22(34)31-17(11-15-7-8-28-21(15)33)20(32)12-36-24(25,26)27/h3-6,10,13,15,17-18,29H,7-9,11-12H2,1-2H3,(H,28,33)(H,30,35)(H,31,34)/t15-,17-,18-/m0/s1. The molecule has 9 nitrogen and oxygen atoms in total. The molecule has 4 N–H and O–H groups in total. The van der Waals surface area contributed by atoms with Gasteiger partial charge in [0.05, 0.1) is 6.04 Å². The third-order valence-corrected chi connectivity index (χ3v) is 5.87. The van der Waals surface area contributed by atoms with Gasteiger partial charge in [-0.1, -0.05) is 32.0 Å². The molecular weight excluding hydrogens is 481 g/mol. The van der Waals surface area contributed by atoms with Gasteiger partial charge in [-0.15, -0.1) is 13.2 Å². The lowest BCUT2D eigenvalue weighted by molar-refractivity contribution is -0.321. The van der Waals surface area contributed by atoms with E-state index < -0.39 is 48.2 Å². The fraction of sp³-hybridized carbons (Fsp3) is 0.500. The van der Waals surface area contributed by atoms with Gasteiger partial charge in [0, 0.05) is 23.4 Å². The summed E-state index contributed by atoms with van der Waals surface area (Å²) in [6.45, 7) is 2.79. The SMILES string of the molecule is CC(C)C[C@H](Nc1cc2ccccc2[nH]c1=O)C(=O)N[C@@H](C[C@@H]1CCNC1=O)C(=O)COC(F)(F)F. The van der Waals surface area contributed by atoms with E-state index in [2.05, 4.69) is 25.7 Å². The summed E-state index contributed by atoms with van der Waals surface area (Å²) in [4.78, 5) is 53.1. The highest BCUT2D eigenvalue weighted by Crippen LogP contribution is 2.21. The second-order valence-electron chi connectivity index (χ2n) is 9.20. The Balaban J connectivity index is 1.81. The van der Waals surface area contributed by atoms with E-state index in [0.717, 1.165) is 5.39 Å². The van der Waals surface area contributed by atoms with E-state index in [1.807, 2.05) is 13.8 Å². The van der Waals surface area contributed by atoms with Crippen LogP contribution < -0.4 is 21.5 Å². The Kier molecular flexibility index (Phi) is 8.72. The quantitative estimate of drug-likeness (QED) is 0.368. The first-order valence-electron chi connectivity index (χ1n) is 11.6. The minimum absolute atomic E-state index is 0.00360. The summed E-state index contributed by atoms with van der Waals surface area (Å²) < 4.78 is 41.2. The van der Waals surface area contributed by atoms with Crippen molar-refractivity contribution >= 4 is 34.2 Å². The van der Waals surface area contributed by atoms with Crippen LogP contribution in [0.3, 0.4) is 0 Å². The van der Waals surface area contributed by atoms with Crippen molar-refractivity contribution in [1.82, 2.24) is 15.6 Å². The number of pyridine rings is 1. The van der Waals surface area contributed by atoms with Crippen LogP contribution >= 0.6 is 0 Å². The number of carbonyl (C=O) groups excluding carboxylic acids is 3. The summed E-state index contributed by atoms with van der Waals surface area (Å²) in [5.41, 5.74) is 0.292. The lowest BCUT2D eigenvalue weighted by Gasteiger charge is -2.25. The Labute approximate surface area is 205 Å². The number of carbonyl (C=O) groups is 3. The Hall–Kier alpha value is -3.41. The van der Waals surface area contributed by atoms with Crippen molar-refractivity contribution < 1.29 is 32.3 Å². The van der Waals surface area contributed by atoms with Crippen LogP contribution in [0.5, 0.6) is 0 Å². The minimum atomic E-state index is -5.02. The van der Waals surface area contributed by atoms with Gasteiger partial charge < -0.3 is 20.9 Å². The number of hydrogen-bond donors (Lipinski definition) is 4. The second-order valence-corrected chi connectivity index (χ2v) is 9.20. The fourth-order valence-electron chi connectivity index (χ4n) is 4.10. The summed E-state index contributed by atoms with van der Waals surface area (Å²) >= 11 is 0. The van der Waals surface area contributed by atoms with Gasteiger partial charge in [0.15, 0.2) is 5.78 Å². The summed E-state index contributed by atoms with van der Waals surface area (Å²) in [7, 11) is 0. The zero-order chi connectivity index (χ0) is 26.5. The average Bonchev–Trinajstić information content (AvgIpc) is 3.20. The van der Waals surface area contributed by atoms with Crippen LogP contribution in [-0.4, -0.2) is 54.2 Å². The zero-order valence-corrected chi connectivity index (χ0v) is 19.9. The number of nitrogens with one attached hydrogen (secondary N) is 4. The summed E-state index contributed by atoms with van der Waals surface area (Å²) in [5.74, 6) is -2.66. The van der Waals surface area contributed by atoms with Crippen LogP contribution in [0.1, 0.15) is 33.1 Å². The molecular formula is C24H29F3N4O5. The van der Waals surface area contributed by atoms with E-state index in [4.69, 9.17) is 0 Å². The summed E-state index contributed by atoms with van der Waals surface area (Å²) in [5, 5.41) is 8.74. The van der Waals surface area contributed by atoms with Crippen molar-refractivity contribution in [3.8, 4) is 0 Å². The van der Waals surface area contributed by atoms with Crippen molar-refractivity contribution in [3.63, 3.8) is 0 Å². The zero-order valence-electron chi connectivity index (χ0n) is 19.9. The van der Waals surface area contributed by atoms with Gasteiger partial charge in [-0.25, -0.2) is 0 Å². The average molecular weight is 511 g/mol. The third-order valence-electron chi connectivity index (χ3n) is 5.87. The molecule has 36 heavy (non-hydrogen) atoms. The van der Waals surface area contributed by atoms with Gasteiger partial charge in [-0.05, 0) is 37.3 Å². The van der Waals surface area contributed by atoms with Crippen LogP contribution in [0.15, 0.2) is 35.1 Å². The monoisotopic (exact) mass is 510 g/mol. The maximum Gasteiger partial charge on any atom is 0.522 e. The highest BCUT2D eigenvalue weighted by Gasteiger charge is 2.36. The van der Waals surface area contributed by atoms with E-state index in [0.29, 0.717) is 18.5 Å². The van der Waals surface area contributed by atoms with Crippen LogP contribution in [0, 0.1) is 11.8 Å². The van der Waals surface area contributed by atoms with Gasteiger partial charge in [0.1, 0.15) is 18.3 Å². The summed E-state index contributed by atoms with van der Waals surface area (Å²) in [6, 6.07) is 6.33. The number of ether oxygens (including phenoxy) is 1. The Morgan fingerprint density at radius 3 is 2.53 bits per heavy atom. The maximum absolute atomic E-state index is 13.2. The number of Topliss-reactive ketones (excluding diaryl/α,β-unsaturated/α-hetero) is 1. The molecule has 1 aliphatic rings. The molecule has 2 aromatic rings. The molecule has 0 bridgehead atoms. The van der Waals surface area contributed by atoms with Crippen molar-refractivity contribution in [1.29, 1.82) is 0 Å². The molecule has 0 saturated carbocycles. The molecule has 0 unspecified atom stereocenters. The topological polar surface area (TPSA) is 129 Å². The van der Waals surface area contributed by atoms with Gasteiger partial charge in [0.2, 0.25) is 11.8 Å². The smallest absolute Gasteiger partial charge is 0.369 e. The molecule has 3 atom stereocenters. The number of aromatic nitrogens is 1. The molecule has 0 aliphatic carbocycles. The molecule has 0 spiro atoms. The van der Waals surface area contributed by atoms with Crippen LogP contribution in [-0.2, 0) is 19.1 Å². The van der Waals surface area contributed by atoms with E-state index in [1.165, 1.54) is 0 Å². The number of amides is 2. The first kappa shape index (κ1) is 27.2. The van der Waals surface area contributed by atoms with Gasteiger partial charge >= 0.3 is 6.36 Å². The first-order valence-corrected chi connectivity index (χ1v) is 11.6. The Morgan fingerprint density at radius 1 is 1.17 bits per heavy atom. The number of fused-ring (bicyclic) bond motifs is 1. The second kappa shape index (κ2) is 11.5. The molecule has 0 radical (unpaired) electrons. The van der Waals surface area contributed by atoms with E-state index in [1.54, 1.807) is 30.3 Å². The van der Waals surface area contributed by atoms with Crippen LogP contribution in [0.2, 0.25) is 0 Å². The van der Waals surface area contributed by atoms with Crippen LogP contribution in [0.4, 0.5) is 18.9 Å². The number of rotatable bonds is 11. The molecule has 2 amide bonds. The molecule has 12 heteroatoms. The number of aromatic amines is 1. The van der Waals surface area contributed by atoms with Crippen molar-refractivity contribution in [3.05, 3.63) is 40.7 Å². The molecule has 1 fully saturated rings. The van der Waals surface area contributed by atoms with Crippen molar-refractivity contribution in [2.45, 2.75) is 51.6 Å². The van der Waals surface area contributed by atoms with E-state index in [9.17, 15) is 32.3 Å². The van der Waals surface area contributed by atoms with Gasteiger partial charge in [-0.2, -0.15) is 0 Å². The number of anilines is 1. The molecule has 3 rings (SSSR count). The highest BCUT2D eigenvalue weighted by atomic mass is 19.4. The Morgan fingerprint density at radius 2 is 1.89 bits per heavy atom. The molecule has 1 saturated heterocycles. The number of hydrogen-bond acceptors (Lipinski definition) is 6. The molecule has 1 aliphatic heterocycles. The van der Waals surface area contributed by atoms with E-state index in [-0.39, 0.29) is 30.4 Å².